The fourth-order valence-electron chi connectivity index (χ4n) is 10.2. The second-order valence-corrected chi connectivity index (χ2v) is 23.4. The minimum absolute atomic E-state index is 0.0827. The first-order valence-corrected chi connectivity index (χ1v) is 35.1. The van der Waals surface area contributed by atoms with E-state index >= 15 is 0 Å². The largest absolute Gasteiger partial charge is 0.462 e. The van der Waals surface area contributed by atoms with Gasteiger partial charge in [-0.1, -0.05) is 331 Å². The highest BCUT2D eigenvalue weighted by molar-refractivity contribution is 5.71. The topological polar surface area (TPSA) is 78.9 Å². The normalized spacial score (nSPS) is 12.6. The molecule has 0 amide bonds. The van der Waals surface area contributed by atoms with E-state index in [0.29, 0.717) is 19.3 Å². The van der Waals surface area contributed by atoms with Crippen molar-refractivity contribution in [3.63, 3.8) is 0 Å². The van der Waals surface area contributed by atoms with Crippen molar-refractivity contribution in [1.29, 1.82) is 0 Å². The highest BCUT2D eigenvalue weighted by atomic mass is 16.6. The van der Waals surface area contributed by atoms with Crippen LogP contribution in [0.25, 0.3) is 0 Å². The van der Waals surface area contributed by atoms with Gasteiger partial charge in [0.05, 0.1) is 0 Å². The molecule has 468 valence electrons. The fraction of sp³-hybridized carbons (Fsp3) is 0.773. The molecule has 1 atom stereocenters. The van der Waals surface area contributed by atoms with Crippen LogP contribution in [0.5, 0.6) is 0 Å². The minimum atomic E-state index is -0.790. The molecule has 0 heterocycles. The van der Waals surface area contributed by atoms with Crippen molar-refractivity contribution in [3.05, 3.63) is 85.1 Å². The maximum atomic E-state index is 12.9. The van der Waals surface area contributed by atoms with Gasteiger partial charge in [-0.05, 0) is 89.9 Å². The summed E-state index contributed by atoms with van der Waals surface area (Å²) in [5.41, 5.74) is 0. The molecule has 0 bridgehead atoms. The van der Waals surface area contributed by atoms with E-state index in [-0.39, 0.29) is 31.1 Å². The molecule has 0 aliphatic carbocycles. The van der Waals surface area contributed by atoms with Crippen molar-refractivity contribution < 1.29 is 28.6 Å². The summed E-state index contributed by atoms with van der Waals surface area (Å²) in [6.45, 7) is 6.45. The van der Waals surface area contributed by atoms with Gasteiger partial charge < -0.3 is 14.2 Å². The molecule has 1 unspecified atom stereocenters. The van der Waals surface area contributed by atoms with Gasteiger partial charge in [0.25, 0.3) is 0 Å². The zero-order valence-corrected chi connectivity index (χ0v) is 53.8. The molecule has 0 radical (unpaired) electrons. The van der Waals surface area contributed by atoms with Crippen molar-refractivity contribution in [1.82, 2.24) is 0 Å². The van der Waals surface area contributed by atoms with E-state index < -0.39 is 6.10 Å². The van der Waals surface area contributed by atoms with Crippen molar-refractivity contribution >= 4 is 17.9 Å². The molecule has 0 saturated heterocycles. The summed E-state index contributed by atoms with van der Waals surface area (Å²) < 4.78 is 17.0. The third kappa shape index (κ3) is 67.3. The Bertz CT molecular complexity index is 1530. The van der Waals surface area contributed by atoms with Crippen molar-refractivity contribution in [3.8, 4) is 0 Å². The average Bonchev–Trinajstić information content (AvgIpc) is 3.47. The first-order chi connectivity index (χ1) is 40.0. The molecule has 0 spiro atoms. The van der Waals surface area contributed by atoms with Gasteiger partial charge in [-0.15, -0.1) is 0 Å². The lowest BCUT2D eigenvalue weighted by Gasteiger charge is -2.18. The summed E-state index contributed by atoms with van der Waals surface area (Å²) >= 11 is 0. The van der Waals surface area contributed by atoms with Gasteiger partial charge in [0, 0.05) is 19.3 Å². The van der Waals surface area contributed by atoms with Gasteiger partial charge in [0.2, 0.25) is 0 Å². The molecule has 0 aliphatic rings. The molecule has 0 rings (SSSR count). The van der Waals surface area contributed by atoms with Gasteiger partial charge in [-0.3, -0.25) is 14.4 Å². The lowest BCUT2D eigenvalue weighted by molar-refractivity contribution is -0.167. The number of rotatable bonds is 64. The quantitative estimate of drug-likeness (QED) is 0.0261. The lowest BCUT2D eigenvalue weighted by atomic mass is 10.0. The average molecular weight is 1130 g/mol. The Morgan fingerprint density at radius 1 is 0.259 bits per heavy atom. The van der Waals surface area contributed by atoms with E-state index in [4.69, 9.17) is 14.2 Å². The summed E-state index contributed by atoms with van der Waals surface area (Å²) in [6, 6.07) is 0. The van der Waals surface area contributed by atoms with Crippen LogP contribution in [-0.2, 0) is 28.6 Å². The maximum absolute atomic E-state index is 12.9. The maximum Gasteiger partial charge on any atom is 0.306 e. The van der Waals surface area contributed by atoms with E-state index in [1.807, 2.05) is 0 Å². The van der Waals surface area contributed by atoms with Crippen LogP contribution < -0.4 is 0 Å². The van der Waals surface area contributed by atoms with Crippen LogP contribution in [0.2, 0.25) is 0 Å². The van der Waals surface area contributed by atoms with Crippen molar-refractivity contribution in [2.45, 2.75) is 361 Å². The summed E-state index contributed by atoms with van der Waals surface area (Å²) in [4.78, 5) is 38.4. The Labute approximate surface area is 503 Å². The molecule has 0 N–H and O–H groups in total. The Morgan fingerprint density at radius 3 is 0.753 bits per heavy atom. The van der Waals surface area contributed by atoms with Crippen LogP contribution >= 0.6 is 0 Å². The molecule has 0 saturated carbocycles. The first-order valence-electron chi connectivity index (χ1n) is 35.1. The minimum Gasteiger partial charge on any atom is -0.462 e. The molecule has 0 aliphatic heterocycles. The first kappa shape index (κ1) is 77.6. The molecule has 6 heteroatoms. The number of unbranched alkanes of at least 4 members (excludes halogenated alkanes) is 39. The second-order valence-electron chi connectivity index (χ2n) is 23.4. The third-order valence-corrected chi connectivity index (χ3v) is 15.4. The smallest absolute Gasteiger partial charge is 0.306 e. The van der Waals surface area contributed by atoms with Gasteiger partial charge in [0.15, 0.2) is 6.10 Å². The van der Waals surface area contributed by atoms with Gasteiger partial charge in [0.1, 0.15) is 13.2 Å². The van der Waals surface area contributed by atoms with Gasteiger partial charge >= 0.3 is 17.9 Å². The molecule has 0 aromatic heterocycles. The Balaban J connectivity index is 4.29. The van der Waals surface area contributed by atoms with Crippen LogP contribution in [0.4, 0.5) is 0 Å². The summed E-state index contributed by atoms with van der Waals surface area (Å²) in [5.74, 6) is -0.891. The third-order valence-electron chi connectivity index (χ3n) is 15.4. The zero-order valence-electron chi connectivity index (χ0n) is 53.8. The molecule has 0 aromatic carbocycles. The highest BCUT2D eigenvalue weighted by Gasteiger charge is 2.19. The van der Waals surface area contributed by atoms with Crippen LogP contribution in [-0.4, -0.2) is 37.2 Å². The van der Waals surface area contributed by atoms with Crippen LogP contribution in [0.15, 0.2) is 85.1 Å². The van der Waals surface area contributed by atoms with Crippen LogP contribution in [0.3, 0.4) is 0 Å². The van der Waals surface area contributed by atoms with E-state index in [1.165, 1.54) is 186 Å². The fourth-order valence-corrected chi connectivity index (χ4v) is 10.2. The summed E-state index contributed by atoms with van der Waals surface area (Å²) in [6.07, 6.45) is 91.9. The van der Waals surface area contributed by atoms with Crippen molar-refractivity contribution in [2.75, 3.05) is 13.2 Å². The second kappa shape index (κ2) is 69.1. The number of ether oxygens (including phenoxy) is 3. The van der Waals surface area contributed by atoms with Gasteiger partial charge in [-0.25, -0.2) is 0 Å². The van der Waals surface area contributed by atoms with Crippen molar-refractivity contribution in [2.24, 2.45) is 0 Å². The molecule has 81 heavy (non-hydrogen) atoms. The molecule has 0 fully saturated rings. The SMILES string of the molecule is CC/C=C\C/C=C\C/C=C\C/C=C\CCCCCCCCCCC(=O)OC(COC(=O)CCCCCCC/C=C\C/C=C\C/C=C\CC)COC(=O)CCCCCCCCCCCCCCCCCCCCCCCCCCCCC. The van der Waals surface area contributed by atoms with Crippen LogP contribution in [0.1, 0.15) is 355 Å². The van der Waals surface area contributed by atoms with Gasteiger partial charge in [-0.2, -0.15) is 0 Å². The predicted octanol–water partition coefficient (Wildman–Crippen LogP) is 24.2. The number of carbonyl (C=O) groups excluding carboxylic acids is 3. The molecule has 0 aromatic rings. The number of hydrogen-bond acceptors (Lipinski definition) is 6. The Hall–Kier alpha value is -3.41. The Morgan fingerprint density at radius 2 is 0.481 bits per heavy atom. The van der Waals surface area contributed by atoms with E-state index in [0.717, 1.165) is 128 Å². The number of esters is 3. The highest BCUT2D eigenvalue weighted by Crippen LogP contribution is 2.18. The monoisotopic (exact) mass is 1130 g/mol. The standard InChI is InChI=1S/C75H132O6/c1-4-7-10-13-16-19-22-25-28-30-32-34-35-36-37-38-39-41-42-44-47-50-53-56-59-62-65-68-74(77)80-71-72(70-79-73(76)67-64-61-58-55-52-49-46-27-24-21-18-15-12-9-6-3)81-75(78)69-66-63-60-57-54-51-48-45-43-40-33-31-29-26-23-20-17-14-11-8-5-2/h8-9,11-12,17-18,20-21,26-27,29,33,40,46,72H,4-7,10,13-16,19,22-25,28,30-32,34-39,41-45,47-71H2,1-3H3/b11-8-,12-9-,20-17-,21-18-,29-26-,40-33-,46-27-. The zero-order chi connectivity index (χ0) is 58.5. The summed E-state index contributed by atoms with van der Waals surface area (Å²) in [7, 11) is 0. The predicted molar refractivity (Wildman–Crippen MR) is 353 cm³/mol. The lowest BCUT2D eigenvalue weighted by Crippen LogP contribution is -2.30. The van der Waals surface area contributed by atoms with Crippen LogP contribution in [0, 0.1) is 0 Å². The number of allylic oxidation sites excluding steroid dienone is 14. The molecule has 6 nitrogen and oxygen atoms in total. The van der Waals surface area contributed by atoms with E-state index in [2.05, 4.69) is 106 Å². The molecular formula is C75H132O6. The molecular weight excluding hydrogens is 997 g/mol. The Kier molecular flexibility index (Phi) is 66.2. The van der Waals surface area contributed by atoms with E-state index in [1.54, 1.807) is 0 Å². The number of hydrogen-bond donors (Lipinski definition) is 0. The number of carbonyl (C=O) groups is 3. The summed E-state index contributed by atoms with van der Waals surface area (Å²) in [5, 5.41) is 0. The van der Waals surface area contributed by atoms with E-state index in [9.17, 15) is 14.4 Å².